The summed E-state index contributed by atoms with van der Waals surface area (Å²) in [6.07, 6.45) is 7.01. The first kappa shape index (κ1) is 72.8. The van der Waals surface area contributed by atoms with Crippen molar-refractivity contribution in [1.82, 2.24) is 52.3 Å². The van der Waals surface area contributed by atoms with Crippen LogP contribution in [0, 0.1) is 23.7 Å². The maximum absolute atomic E-state index is 14.4. The van der Waals surface area contributed by atoms with Crippen molar-refractivity contribution < 1.29 is 58.2 Å². The first-order valence-corrected chi connectivity index (χ1v) is 29.2. The zero-order valence-corrected chi connectivity index (χ0v) is 52.0. The van der Waals surface area contributed by atoms with Crippen LogP contribution in [0.15, 0.2) is 0 Å². The van der Waals surface area contributed by atoms with Crippen LogP contribution in [0.25, 0.3) is 0 Å². The van der Waals surface area contributed by atoms with E-state index in [2.05, 4.69) is 49.5 Å². The molecular formula is C58H106N10O12. The van der Waals surface area contributed by atoms with Crippen LogP contribution in [0.1, 0.15) is 195 Å². The van der Waals surface area contributed by atoms with Gasteiger partial charge >= 0.3 is 0 Å². The molecule has 1 aliphatic rings. The van der Waals surface area contributed by atoms with E-state index in [1.807, 2.05) is 11.8 Å². The van der Waals surface area contributed by atoms with Crippen LogP contribution in [0.5, 0.6) is 0 Å². The predicted molar refractivity (Wildman–Crippen MR) is 308 cm³/mol. The number of likely N-dealkylation sites (N-methyl/N-ethyl adjacent to an activating group) is 1. The number of nitrogens with one attached hydrogen (secondary N) is 8. The van der Waals surface area contributed by atoms with Crippen molar-refractivity contribution >= 4 is 58.9 Å². The van der Waals surface area contributed by atoms with E-state index in [4.69, 9.17) is 0 Å². The summed E-state index contributed by atoms with van der Waals surface area (Å²) in [5.74, 6) is -7.94. The summed E-state index contributed by atoms with van der Waals surface area (Å²) in [5.41, 5.74) is -6.41. The van der Waals surface area contributed by atoms with E-state index in [0.717, 1.165) is 32.1 Å². The number of hydrogen-bond acceptors (Lipinski definition) is 13. The number of nitrogens with zero attached hydrogens (tertiary/aromatic N) is 2. The molecule has 1 saturated heterocycles. The van der Waals surface area contributed by atoms with Gasteiger partial charge in [-0.15, -0.1) is 0 Å². The number of aliphatic hydroxyl groups excluding tert-OH is 2. The molecule has 460 valence electrons. The van der Waals surface area contributed by atoms with Crippen molar-refractivity contribution in [2.75, 3.05) is 33.3 Å². The van der Waals surface area contributed by atoms with Gasteiger partial charge in [-0.25, -0.2) is 0 Å². The Morgan fingerprint density at radius 1 is 0.600 bits per heavy atom. The largest absolute Gasteiger partial charge is 0.395 e. The summed E-state index contributed by atoms with van der Waals surface area (Å²) in [4.78, 5) is 141. The minimum Gasteiger partial charge on any atom is -0.395 e. The van der Waals surface area contributed by atoms with E-state index < -0.39 is 117 Å². The van der Waals surface area contributed by atoms with Gasteiger partial charge in [0.1, 0.15) is 52.1 Å². The van der Waals surface area contributed by atoms with Gasteiger partial charge in [-0.05, 0) is 113 Å². The average Bonchev–Trinajstić information content (AvgIpc) is 3.84. The Bertz CT molecular complexity index is 2090. The molecule has 22 heteroatoms. The molecule has 0 bridgehead atoms. The summed E-state index contributed by atoms with van der Waals surface area (Å²) in [7, 11) is 1.80. The third-order valence-corrected chi connectivity index (χ3v) is 14.8. The Labute approximate surface area is 478 Å². The van der Waals surface area contributed by atoms with Crippen molar-refractivity contribution in [3.8, 4) is 0 Å². The molecule has 0 radical (unpaired) electrons. The minimum atomic E-state index is -1.73. The molecule has 0 aromatic carbocycles. The Hall–Kier alpha value is -5.22. The normalized spacial score (nSPS) is 16.8. The summed E-state index contributed by atoms with van der Waals surface area (Å²) < 4.78 is 0. The fourth-order valence-electron chi connectivity index (χ4n) is 9.40. The Morgan fingerprint density at radius 2 is 1.07 bits per heavy atom. The maximum atomic E-state index is 14.4. The zero-order chi connectivity index (χ0) is 61.7. The highest BCUT2D eigenvalue weighted by molar-refractivity contribution is 6.01. The second-order valence-electron chi connectivity index (χ2n) is 25.3. The number of carbonyl (C=O) groups excluding carboxylic acids is 10. The SMILES string of the molecule is CCCCCCCC[C@@H](C)C(=O)N1CCC[C@H]1C(=O)N[C@H](C(=O)NC(C)(C)C(=O)NC(C)(C)C(=O)N[C@H](C(=O)N[C@H](C(=O)NC(C)(C)C(=O)NC(C)(C)C(=O)N[C@@H](C)CN(C)CCO)C(C)C)C(C)C)[C@H](C)C[C@H](O)CC(=O)CC. The lowest BCUT2D eigenvalue weighted by Crippen LogP contribution is -2.67. The van der Waals surface area contributed by atoms with Gasteiger partial charge < -0.3 is 62.5 Å². The Morgan fingerprint density at radius 3 is 1.57 bits per heavy atom. The monoisotopic (exact) mass is 1130 g/mol. The van der Waals surface area contributed by atoms with Crippen LogP contribution in [-0.4, -0.2) is 171 Å². The molecular weight excluding hydrogens is 1030 g/mol. The van der Waals surface area contributed by atoms with Crippen LogP contribution in [0.4, 0.5) is 0 Å². The zero-order valence-electron chi connectivity index (χ0n) is 52.0. The molecule has 0 aliphatic carbocycles. The topological polar surface area (TPSA) is 314 Å². The number of ketones is 1. The molecule has 0 aromatic heterocycles. The van der Waals surface area contributed by atoms with Crippen molar-refractivity contribution in [2.24, 2.45) is 23.7 Å². The standard InChI is InChI=1S/C58H106N10O12/c1-19-21-22-23-24-25-27-37(7)50(76)68-29-26-28-42(68)46(72)61-45(38(8)32-41(71)33-40(70)20-2)49(75)64-58(16,17)54(80)66-56(12,13)52(78)62-43(35(3)4)47(73)60-44(36(5)6)48(74)63-57(14,15)53(79)65-55(10,11)51(77)59-39(9)34-67(18)30-31-69/h35-39,41-45,69,71H,19-34H2,1-18H3,(H,59,77)(H,60,73)(H,61,72)(H,62,78)(H,63,74)(H,64,75)(H,65,79)(H,66,80)/t37-,38-,39+,41+,42+,43+,44+,45+/m1/s1. The van der Waals surface area contributed by atoms with E-state index in [1.54, 1.807) is 60.4 Å². The van der Waals surface area contributed by atoms with E-state index >= 15 is 0 Å². The molecule has 0 unspecified atom stereocenters. The number of aliphatic hydroxyl groups is 2. The fourth-order valence-corrected chi connectivity index (χ4v) is 9.40. The van der Waals surface area contributed by atoms with Crippen molar-refractivity contribution in [2.45, 2.75) is 253 Å². The second-order valence-corrected chi connectivity index (χ2v) is 25.3. The molecule has 0 aromatic rings. The van der Waals surface area contributed by atoms with Gasteiger partial charge in [-0.3, -0.25) is 47.9 Å². The summed E-state index contributed by atoms with van der Waals surface area (Å²) in [5, 5.41) is 42.0. The van der Waals surface area contributed by atoms with Crippen LogP contribution < -0.4 is 42.5 Å². The molecule has 1 fully saturated rings. The predicted octanol–water partition coefficient (Wildman–Crippen LogP) is 2.89. The number of amides is 9. The lowest BCUT2D eigenvalue weighted by Gasteiger charge is -2.36. The highest BCUT2D eigenvalue weighted by Crippen LogP contribution is 2.25. The molecule has 8 atom stereocenters. The average molecular weight is 1140 g/mol. The molecule has 1 heterocycles. The number of carbonyl (C=O) groups is 10. The van der Waals surface area contributed by atoms with Crippen LogP contribution in [0.2, 0.25) is 0 Å². The summed E-state index contributed by atoms with van der Waals surface area (Å²) in [6.45, 7) is 28.6. The highest BCUT2D eigenvalue weighted by Gasteiger charge is 2.44. The second kappa shape index (κ2) is 33.0. The quantitative estimate of drug-likeness (QED) is 0.0404. The summed E-state index contributed by atoms with van der Waals surface area (Å²) >= 11 is 0. The first-order valence-electron chi connectivity index (χ1n) is 29.2. The fraction of sp³-hybridized carbons (Fsp3) is 0.828. The molecule has 22 nitrogen and oxygen atoms in total. The van der Waals surface area contributed by atoms with E-state index in [-0.39, 0.29) is 49.5 Å². The minimum absolute atomic E-state index is 0.0420. The lowest BCUT2D eigenvalue weighted by atomic mass is 9.90. The first-order chi connectivity index (χ1) is 36.9. The molecule has 10 N–H and O–H groups in total. The van der Waals surface area contributed by atoms with Gasteiger partial charge in [0.05, 0.1) is 12.7 Å². The smallest absolute Gasteiger partial charge is 0.246 e. The van der Waals surface area contributed by atoms with Gasteiger partial charge in [0, 0.05) is 44.4 Å². The molecule has 0 spiro atoms. The lowest BCUT2D eigenvalue weighted by molar-refractivity contribution is -0.143. The van der Waals surface area contributed by atoms with Crippen LogP contribution >= 0.6 is 0 Å². The Balaban J connectivity index is 3.24. The third-order valence-electron chi connectivity index (χ3n) is 14.8. The maximum Gasteiger partial charge on any atom is 0.246 e. The Kier molecular flexibility index (Phi) is 30.1. The van der Waals surface area contributed by atoms with Crippen molar-refractivity contribution in [1.29, 1.82) is 0 Å². The number of unbranched alkanes of at least 4 members (excludes halogenated alkanes) is 5. The third kappa shape index (κ3) is 23.7. The number of rotatable bonds is 36. The summed E-state index contributed by atoms with van der Waals surface area (Å²) in [6, 6.07) is -4.91. The number of Topliss-reactive ketones (excluding diaryl/α,β-unsaturated/α-hetero) is 1. The van der Waals surface area contributed by atoms with E-state index in [1.165, 1.54) is 61.8 Å². The van der Waals surface area contributed by atoms with Gasteiger partial charge in [0.15, 0.2) is 0 Å². The van der Waals surface area contributed by atoms with Crippen LogP contribution in [0.3, 0.4) is 0 Å². The van der Waals surface area contributed by atoms with Crippen molar-refractivity contribution in [3.05, 3.63) is 0 Å². The van der Waals surface area contributed by atoms with Crippen LogP contribution in [-0.2, 0) is 47.9 Å². The molecule has 80 heavy (non-hydrogen) atoms. The molecule has 0 saturated carbocycles. The number of hydrogen-bond donors (Lipinski definition) is 10. The van der Waals surface area contributed by atoms with E-state index in [0.29, 0.717) is 38.9 Å². The van der Waals surface area contributed by atoms with E-state index in [9.17, 15) is 58.2 Å². The number of likely N-dealkylation sites (tertiary alicyclic amines) is 1. The molecule has 1 aliphatic heterocycles. The highest BCUT2D eigenvalue weighted by atomic mass is 16.3. The molecule has 9 amide bonds. The van der Waals surface area contributed by atoms with Crippen molar-refractivity contribution in [3.63, 3.8) is 0 Å². The molecule has 1 rings (SSSR count). The van der Waals surface area contributed by atoms with Gasteiger partial charge in [-0.1, -0.05) is 93.9 Å². The van der Waals surface area contributed by atoms with Gasteiger partial charge in [0.2, 0.25) is 53.2 Å². The van der Waals surface area contributed by atoms with Gasteiger partial charge in [-0.2, -0.15) is 0 Å². The van der Waals surface area contributed by atoms with Gasteiger partial charge in [0.25, 0.3) is 0 Å².